The number of thioether (sulfide) groups is 1. The van der Waals surface area contributed by atoms with Gasteiger partial charge in [0.05, 0.1) is 10.2 Å². The number of thiazole rings is 1. The van der Waals surface area contributed by atoms with Gasteiger partial charge in [0.1, 0.15) is 0 Å². The molecule has 1 unspecified atom stereocenters. The molecule has 0 saturated heterocycles. The summed E-state index contributed by atoms with van der Waals surface area (Å²) in [4.78, 5) is 4.63. The Bertz CT molecular complexity index is 562. The minimum atomic E-state index is 0.597. The molecule has 0 saturated carbocycles. The number of rotatable bonds is 2. The van der Waals surface area contributed by atoms with Crippen molar-refractivity contribution in [2.24, 2.45) is 0 Å². The maximum absolute atomic E-state index is 5.97. The number of benzene rings is 1. The van der Waals surface area contributed by atoms with E-state index < -0.39 is 0 Å². The average Bonchev–Trinajstić information content (AvgIpc) is 2.71. The van der Waals surface area contributed by atoms with E-state index in [0.29, 0.717) is 5.25 Å². The zero-order valence-corrected chi connectivity index (χ0v) is 11.6. The van der Waals surface area contributed by atoms with Crippen LogP contribution >= 0.6 is 34.7 Å². The molecule has 4 heteroatoms. The van der Waals surface area contributed by atoms with Crippen LogP contribution < -0.4 is 0 Å². The molecule has 1 aliphatic rings. The lowest BCUT2D eigenvalue weighted by molar-refractivity contribution is 0.741. The summed E-state index contributed by atoms with van der Waals surface area (Å²) >= 11 is 9.60. The molecule has 88 valence electrons. The fourth-order valence-electron chi connectivity index (χ4n) is 1.94. The van der Waals surface area contributed by atoms with Crippen molar-refractivity contribution in [1.82, 2.24) is 4.98 Å². The first-order chi connectivity index (χ1) is 8.31. The van der Waals surface area contributed by atoms with Crippen molar-refractivity contribution in [2.45, 2.75) is 28.9 Å². The van der Waals surface area contributed by atoms with Gasteiger partial charge in [0, 0.05) is 10.3 Å². The van der Waals surface area contributed by atoms with Gasteiger partial charge in [-0.3, -0.25) is 0 Å². The van der Waals surface area contributed by atoms with E-state index in [2.05, 4.69) is 23.2 Å². The molecule has 0 bridgehead atoms. The predicted octanol–water partition coefficient (Wildman–Crippen LogP) is 5.15. The van der Waals surface area contributed by atoms with Crippen molar-refractivity contribution >= 4 is 44.9 Å². The van der Waals surface area contributed by atoms with Crippen LogP contribution in [0.1, 0.15) is 19.3 Å². The maximum Gasteiger partial charge on any atom is 0.151 e. The Hall–Kier alpha value is -0.510. The topological polar surface area (TPSA) is 12.9 Å². The molecular weight excluding hydrogens is 270 g/mol. The second-order valence-electron chi connectivity index (χ2n) is 4.11. The van der Waals surface area contributed by atoms with Gasteiger partial charge in [-0.15, -0.1) is 11.3 Å². The summed E-state index contributed by atoms with van der Waals surface area (Å²) in [6.45, 7) is 0. The Morgan fingerprint density at radius 1 is 1.41 bits per heavy atom. The second-order valence-corrected chi connectivity index (χ2v) is 7.06. The SMILES string of the molecule is Clc1ccc2sc(SC3C=CCCC3)nc2c1. The minimum Gasteiger partial charge on any atom is -0.230 e. The van der Waals surface area contributed by atoms with Crippen molar-refractivity contribution in [3.63, 3.8) is 0 Å². The average molecular weight is 282 g/mol. The molecule has 1 heterocycles. The van der Waals surface area contributed by atoms with Gasteiger partial charge in [-0.1, -0.05) is 35.5 Å². The van der Waals surface area contributed by atoms with Gasteiger partial charge < -0.3 is 0 Å². The second kappa shape index (κ2) is 5.01. The molecular formula is C13H12ClNS2. The molecule has 1 atom stereocenters. The lowest BCUT2D eigenvalue weighted by Crippen LogP contribution is -2.01. The van der Waals surface area contributed by atoms with Gasteiger partial charge >= 0.3 is 0 Å². The van der Waals surface area contributed by atoms with Gasteiger partial charge in [-0.2, -0.15) is 0 Å². The highest BCUT2D eigenvalue weighted by Crippen LogP contribution is 2.35. The Morgan fingerprint density at radius 2 is 2.35 bits per heavy atom. The number of hydrogen-bond acceptors (Lipinski definition) is 3. The quantitative estimate of drug-likeness (QED) is 0.706. The molecule has 0 N–H and O–H groups in total. The van der Waals surface area contributed by atoms with Crippen molar-refractivity contribution in [1.29, 1.82) is 0 Å². The first-order valence-corrected chi connectivity index (χ1v) is 7.78. The summed E-state index contributed by atoms with van der Waals surface area (Å²) in [6, 6.07) is 5.92. The monoisotopic (exact) mass is 281 g/mol. The summed E-state index contributed by atoms with van der Waals surface area (Å²) in [5.41, 5.74) is 1.02. The Balaban J connectivity index is 1.85. The van der Waals surface area contributed by atoms with Crippen LogP contribution in [-0.4, -0.2) is 10.2 Å². The fraction of sp³-hybridized carbons (Fsp3) is 0.308. The van der Waals surface area contributed by atoms with Crippen LogP contribution in [0.5, 0.6) is 0 Å². The van der Waals surface area contributed by atoms with Crippen LogP contribution in [0.15, 0.2) is 34.7 Å². The van der Waals surface area contributed by atoms with E-state index in [0.717, 1.165) is 14.9 Å². The van der Waals surface area contributed by atoms with Crippen LogP contribution in [0, 0.1) is 0 Å². The van der Waals surface area contributed by atoms with Crippen LogP contribution in [0.3, 0.4) is 0 Å². The first-order valence-electron chi connectivity index (χ1n) is 5.71. The van der Waals surface area contributed by atoms with Crippen LogP contribution in [-0.2, 0) is 0 Å². The van der Waals surface area contributed by atoms with Gasteiger partial charge in [-0.05, 0) is 37.5 Å². The molecule has 0 radical (unpaired) electrons. The van der Waals surface area contributed by atoms with E-state index in [1.807, 2.05) is 23.9 Å². The van der Waals surface area contributed by atoms with Gasteiger partial charge in [0.25, 0.3) is 0 Å². The molecule has 0 spiro atoms. The molecule has 1 aliphatic carbocycles. The molecule has 2 aromatic rings. The highest BCUT2D eigenvalue weighted by Gasteiger charge is 2.13. The standard InChI is InChI=1S/C13H12ClNS2/c14-9-6-7-12-11(8-9)15-13(17-12)16-10-4-2-1-3-5-10/h2,4,6-8,10H,1,3,5H2. The zero-order chi connectivity index (χ0) is 11.7. The Kier molecular flexibility index (Phi) is 3.41. The van der Waals surface area contributed by atoms with Crippen molar-refractivity contribution in [2.75, 3.05) is 0 Å². The smallest absolute Gasteiger partial charge is 0.151 e. The summed E-state index contributed by atoms with van der Waals surface area (Å²) in [5.74, 6) is 0. The third kappa shape index (κ3) is 2.67. The summed E-state index contributed by atoms with van der Waals surface area (Å²) < 4.78 is 2.37. The summed E-state index contributed by atoms with van der Waals surface area (Å²) in [7, 11) is 0. The predicted molar refractivity (Wildman–Crippen MR) is 77.3 cm³/mol. The molecule has 1 nitrogen and oxygen atoms in total. The Morgan fingerprint density at radius 3 is 3.18 bits per heavy atom. The highest BCUT2D eigenvalue weighted by molar-refractivity contribution is 8.01. The third-order valence-electron chi connectivity index (χ3n) is 2.79. The molecule has 17 heavy (non-hydrogen) atoms. The molecule has 0 fully saturated rings. The molecule has 1 aromatic carbocycles. The van der Waals surface area contributed by atoms with Crippen molar-refractivity contribution < 1.29 is 0 Å². The van der Waals surface area contributed by atoms with Crippen molar-refractivity contribution in [3.05, 3.63) is 35.4 Å². The van der Waals surface area contributed by atoms with E-state index in [-0.39, 0.29) is 0 Å². The molecule has 0 aliphatic heterocycles. The number of allylic oxidation sites excluding steroid dienone is 1. The minimum absolute atomic E-state index is 0.597. The highest BCUT2D eigenvalue weighted by atomic mass is 35.5. The molecule has 3 rings (SSSR count). The number of halogens is 1. The maximum atomic E-state index is 5.97. The lowest BCUT2D eigenvalue weighted by atomic mass is 10.1. The van der Waals surface area contributed by atoms with E-state index in [4.69, 9.17) is 11.6 Å². The summed E-state index contributed by atoms with van der Waals surface area (Å²) in [5, 5.41) is 1.36. The van der Waals surface area contributed by atoms with Gasteiger partial charge in [0.2, 0.25) is 0 Å². The van der Waals surface area contributed by atoms with Crippen molar-refractivity contribution in [3.8, 4) is 0 Å². The van der Waals surface area contributed by atoms with Crippen LogP contribution in [0.25, 0.3) is 10.2 Å². The number of nitrogens with zero attached hydrogens (tertiary/aromatic N) is 1. The van der Waals surface area contributed by atoms with Crippen LogP contribution in [0.4, 0.5) is 0 Å². The molecule has 0 amide bonds. The lowest BCUT2D eigenvalue weighted by Gasteiger charge is -2.13. The normalized spacial score (nSPS) is 19.9. The van der Waals surface area contributed by atoms with E-state index in [9.17, 15) is 0 Å². The van der Waals surface area contributed by atoms with Crippen LogP contribution in [0.2, 0.25) is 5.02 Å². The first kappa shape index (κ1) is 11.6. The van der Waals surface area contributed by atoms with E-state index in [1.54, 1.807) is 11.3 Å². The number of aromatic nitrogens is 1. The fourth-order valence-corrected chi connectivity index (χ4v) is 4.50. The summed E-state index contributed by atoms with van der Waals surface area (Å²) in [6.07, 6.45) is 8.38. The van der Waals surface area contributed by atoms with Gasteiger partial charge in [-0.25, -0.2) is 4.98 Å². The Labute approximate surface area is 114 Å². The largest absolute Gasteiger partial charge is 0.230 e. The van der Waals surface area contributed by atoms with Gasteiger partial charge in [0.15, 0.2) is 4.34 Å². The van der Waals surface area contributed by atoms with E-state index in [1.165, 1.54) is 24.0 Å². The number of fused-ring (bicyclic) bond motifs is 1. The number of hydrogen-bond donors (Lipinski definition) is 0. The van der Waals surface area contributed by atoms with E-state index >= 15 is 0 Å². The third-order valence-corrected chi connectivity index (χ3v) is 5.39. The zero-order valence-electron chi connectivity index (χ0n) is 9.23. The molecule has 1 aromatic heterocycles.